The van der Waals surface area contributed by atoms with Gasteiger partial charge < -0.3 is 0 Å². The molecular weight excluding hydrogens is 266 g/mol. The standard InChI is InChI=1S/C15H11N5O/c21-15(11-4-3-7-16-8-11)20-18-10-12-9-17-13-5-1-2-6-14(13)19-12/h1-10H,(H,20,21). The van der Waals surface area contributed by atoms with Crippen LogP contribution in [0.1, 0.15) is 16.1 Å². The van der Waals surface area contributed by atoms with E-state index in [2.05, 4.69) is 25.5 Å². The van der Waals surface area contributed by atoms with Gasteiger partial charge in [-0.2, -0.15) is 5.10 Å². The van der Waals surface area contributed by atoms with Gasteiger partial charge in [0.1, 0.15) is 5.69 Å². The number of hydrogen-bond acceptors (Lipinski definition) is 5. The molecule has 0 aliphatic rings. The lowest BCUT2D eigenvalue weighted by Crippen LogP contribution is -2.17. The van der Waals surface area contributed by atoms with Crippen LogP contribution in [0.5, 0.6) is 0 Å². The Morgan fingerprint density at radius 1 is 1.10 bits per heavy atom. The maximum Gasteiger partial charge on any atom is 0.272 e. The molecule has 1 amide bonds. The van der Waals surface area contributed by atoms with E-state index in [1.165, 1.54) is 12.4 Å². The molecule has 2 aromatic heterocycles. The Morgan fingerprint density at radius 2 is 1.95 bits per heavy atom. The molecule has 0 saturated heterocycles. The van der Waals surface area contributed by atoms with Crippen LogP contribution >= 0.6 is 0 Å². The highest BCUT2D eigenvalue weighted by atomic mass is 16.2. The molecular formula is C15H11N5O. The Balaban J connectivity index is 1.71. The number of hydrogen-bond donors (Lipinski definition) is 1. The number of rotatable bonds is 3. The highest BCUT2D eigenvalue weighted by molar-refractivity contribution is 5.94. The third-order valence-corrected chi connectivity index (χ3v) is 2.75. The predicted molar refractivity (Wildman–Crippen MR) is 78.8 cm³/mol. The summed E-state index contributed by atoms with van der Waals surface area (Å²) in [6.07, 6.45) is 6.13. The molecule has 0 bridgehead atoms. The number of aromatic nitrogens is 3. The summed E-state index contributed by atoms with van der Waals surface area (Å²) in [6.45, 7) is 0. The highest BCUT2D eigenvalue weighted by Crippen LogP contribution is 2.07. The van der Waals surface area contributed by atoms with Crippen LogP contribution in [0.15, 0.2) is 60.1 Å². The van der Waals surface area contributed by atoms with E-state index in [9.17, 15) is 4.79 Å². The minimum Gasteiger partial charge on any atom is -0.267 e. The monoisotopic (exact) mass is 277 g/mol. The van der Waals surface area contributed by atoms with E-state index in [4.69, 9.17) is 0 Å². The average Bonchev–Trinajstić information content (AvgIpc) is 2.55. The summed E-state index contributed by atoms with van der Waals surface area (Å²) in [4.78, 5) is 24.2. The fourth-order valence-electron chi connectivity index (χ4n) is 1.75. The molecule has 0 fully saturated rings. The zero-order valence-corrected chi connectivity index (χ0v) is 11.0. The van der Waals surface area contributed by atoms with Crippen LogP contribution in [0.4, 0.5) is 0 Å². The van der Waals surface area contributed by atoms with Gasteiger partial charge in [0.05, 0.1) is 29.0 Å². The molecule has 0 aliphatic carbocycles. The van der Waals surface area contributed by atoms with Crippen LogP contribution in [-0.2, 0) is 0 Å². The number of nitrogens with one attached hydrogen (secondary N) is 1. The van der Waals surface area contributed by atoms with Gasteiger partial charge in [-0.05, 0) is 24.3 Å². The number of carbonyl (C=O) groups is 1. The number of benzene rings is 1. The zero-order chi connectivity index (χ0) is 14.5. The number of amides is 1. The molecule has 0 saturated carbocycles. The molecule has 0 spiro atoms. The second kappa shape index (κ2) is 5.87. The third-order valence-electron chi connectivity index (χ3n) is 2.75. The van der Waals surface area contributed by atoms with E-state index in [1.54, 1.807) is 24.5 Å². The quantitative estimate of drug-likeness (QED) is 0.584. The molecule has 2 heterocycles. The smallest absolute Gasteiger partial charge is 0.267 e. The number of nitrogens with zero attached hydrogens (tertiary/aromatic N) is 4. The highest BCUT2D eigenvalue weighted by Gasteiger charge is 2.02. The number of para-hydroxylation sites is 2. The number of hydrazone groups is 1. The summed E-state index contributed by atoms with van der Waals surface area (Å²) in [6, 6.07) is 10.9. The van der Waals surface area contributed by atoms with Crippen LogP contribution in [0.2, 0.25) is 0 Å². The first-order valence-corrected chi connectivity index (χ1v) is 6.28. The summed E-state index contributed by atoms with van der Waals surface area (Å²) in [7, 11) is 0. The first-order valence-electron chi connectivity index (χ1n) is 6.28. The molecule has 0 atom stereocenters. The summed E-state index contributed by atoms with van der Waals surface area (Å²) in [5.41, 5.74) is 5.02. The molecule has 6 nitrogen and oxygen atoms in total. The van der Waals surface area contributed by atoms with E-state index in [0.29, 0.717) is 11.3 Å². The summed E-state index contributed by atoms with van der Waals surface area (Å²) < 4.78 is 0. The van der Waals surface area contributed by atoms with Gasteiger partial charge in [0.25, 0.3) is 5.91 Å². The lowest BCUT2D eigenvalue weighted by Gasteiger charge is -1.99. The Labute approximate surface area is 120 Å². The molecule has 0 unspecified atom stereocenters. The summed E-state index contributed by atoms with van der Waals surface area (Å²) in [5.74, 6) is -0.326. The van der Waals surface area contributed by atoms with Gasteiger partial charge in [0.15, 0.2) is 0 Å². The van der Waals surface area contributed by atoms with Crippen molar-refractivity contribution in [2.75, 3.05) is 0 Å². The van der Waals surface area contributed by atoms with Crippen molar-refractivity contribution < 1.29 is 4.79 Å². The first-order chi connectivity index (χ1) is 10.3. The summed E-state index contributed by atoms with van der Waals surface area (Å²) in [5, 5.41) is 3.87. The van der Waals surface area contributed by atoms with Crippen molar-refractivity contribution in [1.29, 1.82) is 0 Å². The lowest BCUT2D eigenvalue weighted by molar-refractivity contribution is 0.0955. The van der Waals surface area contributed by atoms with Gasteiger partial charge in [0, 0.05) is 12.4 Å². The lowest BCUT2D eigenvalue weighted by atomic mass is 10.3. The Hall–Kier alpha value is -3.15. The van der Waals surface area contributed by atoms with Gasteiger partial charge in [-0.25, -0.2) is 10.4 Å². The summed E-state index contributed by atoms with van der Waals surface area (Å²) >= 11 is 0. The Bertz CT molecular complexity index is 801. The van der Waals surface area contributed by atoms with E-state index in [0.717, 1.165) is 11.0 Å². The van der Waals surface area contributed by atoms with Crippen LogP contribution in [0.25, 0.3) is 11.0 Å². The molecule has 0 radical (unpaired) electrons. The van der Waals surface area contributed by atoms with E-state index >= 15 is 0 Å². The van der Waals surface area contributed by atoms with E-state index in [-0.39, 0.29) is 5.91 Å². The number of carbonyl (C=O) groups excluding carboxylic acids is 1. The molecule has 1 N–H and O–H groups in total. The molecule has 3 aromatic rings. The predicted octanol–water partition coefficient (Wildman–Crippen LogP) is 1.79. The molecule has 102 valence electrons. The fourth-order valence-corrected chi connectivity index (χ4v) is 1.75. The van der Waals surface area contributed by atoms with Crippen molar-refractivity contribution in [3.8, 4) is 0 Å². The van der Waals surface area contributed by atoms with E-state index < -0.39 is 0 Å². The number of fused-ring (bicyclic) bond motifs is 1. The minimum absolute atomic E-state index is 0.326. The number of pyridine rings is 1. The second-order valence-electron chi connectivity index (χ2n) is 4.22. The van der Waals surface area contributed by atoms with Crippen LogP contribution in [-0.4, -0.2) is 27.1 Å². The van der Waals surface area contributed by atoms with Gasteiger partial charge >= 0.3 is 0 Å². The zero-order valence-electron chi connectivity index (χ0n) is 11.0. The molecule has 0 aliphatic heterocycles. The Morgan fingerprint density at radius 3 is 2.76 bits per heavy atom. The van der Waals surface area contributed by atoms with Gasteiger partial charge in [-0.15, -0.1) is 0 Å². The topological polar surface area (TPSA) is 80.1 Å². The Kier molecular flexibility index (Phi) is 3.60. The van der Waals surface area contributed by atoms with Gasteiger partial charge in [-0.3, -0.25) is 14.8 Å². The van der Waals surface area contributed by atoms with Crippen molar-refractivity contribution >= 4 is 23.2 Å². The van der Waals surface area contributed by atoms with Crippen molar-refractivity contribution in [3.63, 3.8) is 0 Å². The van der Waals surface area contributed by atoms with Crippen LogP contribution in [0.3, 0.4) is 0 Å². The van der Waals surface area contributed by atoms with E-state index in [1.807, 2.05) is 24.3 Å². The normalized spacial score (nSPS) is 10.9. The van der Waals surface area contributed by atoms with Crippen molar-refractivity contribution in [3.05, 3.63) is 66.2 Å². The average molecular weight is 277 g/mol. The molecule has 6 heteroatoms. The molecule has 3 rings (SSSR count). The minimum atomic E-state index is -0.326. The SMILES string of the molecule is O=C(NN=Cc1cnc2ccccc2n1)c1cccnc1. The van der Waals surface area contributed by atoms with Gasteiger partial charge in [0.2, 0.25) is 0 Å². The van der Waals surface area contributed by atoms with Crippen molar-refractivity contribution in [1.82, 2.24) is 20.4 Å². The van der Waals surface area contributed by atoms with Crippen molar-refractivity contribution in [2.24, 2.45) is 5.10 Å². The molecule has 1 aromatic carbocycles. The largest absolute Gasteiger partial charge is 0.272 e. The van der Waals surface area contributed by atoms with Gasteiger partial charge in [-0.1, -0.05) is 12.1 Å². The second-order valence-corrected chi connectivity index (χ2v) is 4.22. The maximum atomic E-state index is 11.7. The molecule has 21 heavy (non-hydrogen) atoms. The maximum absolute atomic E-state index is 11.7. The fraction of sp³-hybridized carbons (Fsp3) is 0. The third kappa shape index (κ3) is 3.06. The van der Waals surface area contributed by atoms with Crippen molar-refractivity contribution in [2.45, 2.75) is 0 Å². The van der Waals surface area contributed by atoms with Crippen LogP contribution < -0.4 is 5.43 Å². The van der Waals surface area contributed by atoms with Crippen LogP contribution in [0, 0.1) is 0 Å². The first kappa shape index (κ1) is 12.9.